The first kappa shape index (κ1) is 22.9. The molecule has 4 heterocycles. The normalized spacial score (nSPS) is 19.2. The van der Waals surface area contributed by atoms with Gasteiger partial charge in [-0.2, -0.15) is 9.29 Å². The Balaban J connectivity index is 1.46. The SMILES string of the molecule is Cc1cc(N2CCN(C)CC2)nc(N2CCN(S(=O)(=O)c3cn(C)c(C(C)C)n3)CC2)n1. The highest BCUT2D eigenvalue weighted by Gasteiger charge is 2.32. The molecular weight excluding hydrogens is 428 g/mol. The highest BCUT2D eigenvalue weighted by molar-refractivity contribution is 7.89. The zero-order valence-corrected chi connectivity index (χ0v) is 20.5. The number of rotatable bonds is 5. The molecule has 176 valence electrons. The van der Waals surface area contributed by atoms with Crippen molar-refractivity contribution in [3.8, 4) is 0 Å². The van der Waals surface area contributed by atoms with Crippen molar-refractivity contribution in [2.45, 2.75) is 31.7 Å². The lowest BCUT2D eigenvalue weighted by Gasteiger charge is -2.35. The fourth-order valence-electron chi connectivity index (χ4n) is 4.25. The van der Waals surface area contributed by atoms with Crippen LogP contribution in [-0.4, -0.2) is 96.5 Å². The van der Waals surface area contributed by atoms with E-state index in [1.807, 2.05) is 33.9 Å². The van der Waals surface area contributed by atoms with Crippen LogP contribution in [0.2, 0.25) is 0 Å². The minimum absolute atomic E-state index is 0.126. The van der Waals surface area contributed by atoms with Gasteiger partial charge in [0.2, 0.25) is 5.95 Å². The summed E-state index contributed by atoms with van der Waals surface area (Å²) in [4.78, 5) is 20.6. The molecule has 2 aromatic heterocycles. The van der Waals surface area contributed by atoms with E-state index >= 15 is 0 Å². The van der Waals surface area contributed by atoms with Crippen LogP contribution in [0, 0.1) is 6.92 Å². The maximum Gasteiger partial charge on any atom is 0.262 e. The minimum atomic E-state index is -3.62. The third-order valence-corrected chi connectivity index (χ3v) is 7.96. The van der Waals surface area contributed by atoms with Crippen LogP contribution in [0.1, 0.15) is 31.3 Å². The van der Waals surface area contributed by atoms with Crippen LogP contribution in [0.3, 0.4) is 0 Å². The Morgan fingerprint density at radius 1 is 0.875 bits per heavy atom. The van der Waals surface area contributed by atoms with E-state index in [1.54, 1.807) is 10.8 Å². The third kappa shape index (κ3) is 4.60. The van der Waals surface area contributed by atoms with Crippen LogP contribution < -0.4 is 9.80 Å². The van der Waals surface area contributed by atoms with Crippen LogP contribution in [0.5, 0.6) is 0 Å². The Labute approximate surface area is 190 Å². The number of likely N-dealkylation sites (N-methyl/N-ethyl adjacent to an activating group) is 1. The maximum absolute atomic E-state index is 13.1. The van der Waals surface area contributed by atoms with Crippen molar-refractivity contribution in [3.63, 3.8) is 0 Å². The van der Waals surface area contributed by atoms with Crippen LogP contribution in [-0.2, 0) is 17.1 Å². The van der Waals surface area contributed by atoms with Gasteiger partial charge in [-0.3, -0.25) is 0 Å². The lowest BCUT2D eigenvalue weighted by Crippen LogP contribution is -2.49. The van der Waals surface area contributed by atoms with Gasteiger partial charge in [0, 0.05) is 83.3 Å². The number of aryl methyl sites for hydroxylation is 2. The number of hydrogen-bond acceptors (Lipinski definition) is 8. The smallest absolute Gasteiger partial charge is 0.262 e. The van der Waals surface area contributed by atoms with E-state index in [0.717, 1.165) is 43.5 Å². The lowest BCUT2D eigenvalue weighted by atomic mass is 10.2. The summed E-state index contributed by atoms with van der Waals surface area (Å²) in [7, 11) is 0.354. The van der Waals surface area contributed by atoms with Crippen LogP contribution >= 0.6 is 0 Å². The fourth-order valence-corrected chi connectivity index (χ4v) is 5.66. The molecule has 4 rings (SSSR count). The Bertz CT molecular complexity index is 1050. The average molecular weight is 463 g/mol. The number of aromatic nitrogens is 4. The first-order valence-corrected chi connectivity index (χ1v) is 12.7. The van der Waals surface area contributed by atoms with Crippen LogP contribution in [0.4, 0.5) is 11.8 Å². The van der Waals surface area contributed by atoms with E-state index < -0.39 is 10.0 Å². The van der Waals surface area contributed by atoms with Crippen molar-refractivity contribution < 1.29 is 8.42 Å². The fraction of sp³-hybridized carbons (Fsp3) is 0.667. The summed E-state index contributed by atoms with van der Waals surface area (Å²) in [5.74, 6) is 2.56. The van der Waals surface area contributed by atoms with Crippen molar-refractivity contribution in [1.82, 2.24) is 28.7 Å². The molecule has 0 atom stereocenters. The van der Waals surface area contributed by atoms with Crippen molar-refractivity contribution in [3.05, 3.63) is 23.8 Å². The molecule has 0 aliphatic carbocycles. The molecule has 0 amide bonds. The van der Waals surface area contributed by atoms with E-state index in [0.29, 0.717) is 32.1 Å². The third-order valence-electron chi connectivity index (χ3n) is 6.19. The number of sulfonamides is 1. The molecule has 0 N–H and O–H groups in total. The average Bonchev–Trinajstić information content (AvgIpc) is 3.17. The van der Waals surface area contributed by atoms with Gasteiger partial charge >= 0.3 is 0 Å². The Hall–Kier alpha value is -2.24. The van der Waals surface area contributed by atoms with Crippen molar-refractivity contribution in [2.24, 2.45) is 7.05 Å². The molecule has 32 heavy (non-hydrogen) atoms. The standard InChI is InChI=1S/C21H34N8O2S/c1-16(2)20-24-19(15-26(20)5)32(30,31)29-12-10-28(11-13-29)21-22-17(3)14-18(23-21)27-8-6-25(4)7-9-27/h14-16H,6-13H2,1-5H3. The molecule has 10 nitrogen and oxygen atoms in total. The predicted octanol–water partition coefficient (Wildman–Crippen LogP) is 0.905. The summed E-state index contributed by atoms with van der Waals surface area (Å²) in [5, 5.41) is 0.126. The van der Waals surface area contributed by atoms with Gasteiger partial charge in [0.15, 0.2) is 5.03 Å². The molecule has 2 fully saturated rings. The van der Waals surface area contributed by atoms with E-state index in [1.165, 1.54) is 4.31 Å². The molecule has 2 aliphatic heterocycles. The topological polar surface area (TPSA) is 90.7 Å². The summed E-state index contributed by atoms with van der Waals surface area (Å²) in [6.45, 7) is 11.8. The molecule has 2 saturated heterocycles. The molecule has 0 spiro atoms. The Morgan fingerprint density at radius 2 is 1.50 bits per heavy atom. The number of piperazine rings is 2. The number of anilines is 2. The highest BCUT2D eigenvalue weighted by atomic mass is 32.2. The van der Waals surface area contributed by atoms with Gasteiger partial charge in [0.1, 0.15) is 11.6 Å². The summed E-state index contributed by atoms with van der Waals surface area (Å²) in [6.07, 6.45) is 1.61. The highest BCUT2D eigenvalue weighted by Crippen LogP contribution is 2.23. The molecule has 2 aliphatic rings. The largest absolute Gasteiger partial charge is 0.354 e. The van der Waals surface area contributed by atoms with Crippen LogP contribution in [0.15, 0.2) is 17.3 Å². The summed E-state index contributed by atoms with van der Waals surface area (Å²) in [5.41, 5.74) is 0.925. The summed E-state index contributed by atoms with van der Waals surface area (Å²) < 4.78 is 29.6. The van der Waals surface area contributed by atoms with Gasteiger partial charge in [-0.15, -0.1) is 0 Å². The first-order valence-electron chi connectivity index (χ1n) is 11.2. The van der Waals surface area contributed by atoms with E-state index in [9.17, 15) is 8.42 Å². The zero-order chi connectivity index (χ0) is 23.0. The van der Waals surface area contributed by atoms with E-state index in [2.05, 4.69) is 31.7 Å². The molecule has 0 saturated carbocycles. The molecule has 0 radical (unpaired) electrons. The van der Waals surface area contributed by atoms with Gasteiger partial charge in [0.05, 0.1) is 0 Å². The van der Waals surface area contributed by atoms with Gasteiger partial charge in [-0.1, -0.05) is 13.8 Å². The monoisotopic (exact) mass is 462 g/mol. The predicted molar refractivity (Wildman–Crippen MR) is 125 cm³/mol. The first-order chi connectivity index (χ1) is 15.1. The van der Waals surface area contributed by atoms with Crippen molar-refractivity contribution in [2.75, 3.05) is 69.2 Å². The maximum atomic E-state index is 13.1. The van der Waals surface area contributed by atoms with E-state index in [4.69, 9.17) is 4.98 Å². The zero-order valence-electron chi connectivity index (χ0n) is 19.7. The van der Waals surface area contributed by atoms with Crippen molar-refractivity contribution >= 4 is 21.8 Å². The second-order valence-corrected chi connectivity index (χ2v) is 10.9. The molecule has 0 aromatic carbocycles. The van der Waals surface area contributed by atoms with Gasteiger partial charge < -0.3 is 19.3 Å². The van der Waals surface area contributed by atoms with Gasteiger partial charge in [-0.25, -0.2) is 18.4 Å². The summed E-state index contributed by atoms with van der Waals surface area (Å²) in [6, 6.07) is 2.03. The van der Waals surface area contributed by atoms with Gasteiger partial charge in [0.25, 0.3) is 10.0 Å². The minimum Gasteiger partial charge on any atom is -0.354 e. The molecular formula is C21H34N8O2S. The molecule has 0 bridgehead atoms. The second kappa shape index (κ2) is 8.95. The number of hydrogen-bond donors (Lipinski definition) is 0. The number of imidazole rings is 1. The molecule has 11 heteroatoms. The molecule has 2 aromatic rings. The molecule has 0 unspecified atom stereocenters. The van der Waals surface area contributed by atoms with Crippen molar-refractivity contribution in [1.29, 1.82) is 0 Å². The number of nitrogens with zero attached hydrogens (tertiary/aromatic N) is 8. The van der Waals surface area contributed by atoms with E-state index in [-0.39, 0.29) is 10.9 Å². The second-order valence-electron chi connectivity index (χ2n) is 9.05. The lowest BCUT2D eigenvalue weighted by molar-refractivity contribution is 0.312. The summed E-state index contributed by atoms with van der Waals surface area (Å²) >= 11 is 0. The Morgan fingerprint density at radius 3 is 2.09 bits per heavy atom. The Kier molecular flexibility index (Phi) is 6.42. The van der Waals surface area contributed by atoms with Gasteiger partial charge in [-0.05, 0) is 14.0 Å². The quantitative estimate of drug-likeness (QED) is 0.648. The van der Waals surface area contributed by atoms with Crippen LogP contribution in [0.25, 0.3) is 0 Å².